The molecule has 0 aromatic carbocycles. The Morgan fingerprint density at radius 1 is 0.306 bits per heavy atom. The molecule has 1 aliphatic carbocycles. The van der Waals surface area contributed by atoms with Crippen LogP contribution in [-0.4, -0.2) is 0 Å². The zero-order valence-corrected chi connectivity index (χ0v) is 25.6. The van der Waals surface area contributed by atoms with Crippen LogP contribution in [0.3, 0.4) is 0 Å². The molecule has 0 bridgehead atoms. The summed E-state index contributed by atoms with van der Waals surface area (Å²) in [5, 5.41) is 0. The Bertz CT molecular complexity index is 367. The van der Waals surface area contributed by atoms with Crippen molar-refractivity contribution in [2.45, 2.75) is 225 Å². The Morgan fingerprint density at radius 2 is 0.556 bits per heavy atom. The van der Waals surface area contributed by atoms with Crippen molar-refractivity contribution in [1.29, 1.82) is 0 Å². The van der Waals surface area contributed by atoms with E-state index in [0.29, 0.717) is 0 Å². The Morgan fingerprint density at radius 3 is 0.861 bits per heavy atom. The summed E-state index contributed by atoms with van der Waals surface area (Å²) in [7, 11) is 0. The molecule has 0 heterocycles. The molecular formula is C36H72. The van der Waals surface area contributed by atoms with E-state index in [2.05, 4.69) is 6.92 Å². The highest BCUT2D eigenvalue weighted by Gasteiger charge is 2.09. The minimum atomic E-state index is 1.05. The van der Waals surface area contributed by atoms with Gasteiger partial charge in [0, 0.05) is 0 Å². The first-order valence-corrected chi connectivity index (χ1v) is 17.9. The van der Waals surface area contributed by atoms with E-state index in [4.69, 9.17) is 0 Å². The van der Waals surface area contributed by atoms with Crippen LogP contribution in [0, 0.1) is 5.92 Å². The minimum Gasteiger partial charge on any atom is -0.0654 e. The summed E-state index contributed by atoms with van der Waals surface area (Å²) in [6, 6.07) is 0. The van der Waals surface area contributed by atoms with Crippen LogP contribution in [-0.2, 0) is 0 Å². The van der Waals surface area contributed by atoms with Crippen LogP contribution in [0.4, 0.5) is 0 Å². The van der Waals surface area contributed by atoms with Gasteiger partial charge in [-0.25, -0.2) is 0 Å². The molecule has 0 heteroatoms. The zero-order chi connectivity index (χ0) is 25.6. The molecule has 1 saturated carbocycles. The third-order valence-corrected chi connectivity index (χ3v) is 9.19. The lowest BCUT2D eigenvalue weighted by Gasteiger charge is -2.17. The smallest absolute Gasteiger partial charge is 0.0414 e. The van der Waals surface area contributed by atoms with Crippen LogP contribution in [0.2, 0.25) is 0 Å². The van der Waals surface area contributed by atoms with E-state index in [0.717, 1.165) is 5.92 Å². The average molecular weight is 505 g/mol. The molecule has 1 fully saturated rings. The van der Waals surface area contributed by atoms with Crippen LogP contribution in [0.1, 0.15) is 225 Å². The fourth-order valence-corrected chi connectivity index (χ4v) is 6.58. The van der Waals surface area contributed by atoms with Crippen LogP contribution in [0.5, 0.6) is 0 Å². The normalized spacial score (nSPS) is 18.6. The maximum atomic E-state index is 2.31. The van der Waals surface area contributed by atoms with Crippen LogP contribution < -0.4 is 0 Å². The molecule has 0 unspecified atom stereocenters. The van der Waals surface area contributed by atoms with Crippen molar-refractivity contribution in [2.75, 3.05) is 0 Å². The summed E-state index contributed by atoms with van der Waals surface area (Å²) >= 11 is 0. The fourth-order valence-electron chi connectivity index (χ4n) is 6.58. The second kappa shape index (κ2) is 29.6. The molecule has 0 amide bonds. The number of rotatable bonds is 17. The zero-order valence-electron chi connectivity index (χ0n) is 25.6. The highest BCUT2D eigenvalue weighted by molar-refractivity contribution is 4.62. The lowest BCUT2D eigenvalue weighted by Crippen LogP contribution is -2.02. The van der Waals surface area contributed by atoms with Crippen molar-refractivity contribution < 1.29 is 0 Å². The van der Waals surface area contributed by atoms with Crippen LogP contribution in [0.25, 0.3) is 0 Å². The minimum absolute atomic E-state index is 1.05. The molecule has 1 rings (SSSR count). The molecule has 0 radical (unpaired) electrons. The summed E-state index contributed by atoms with van der Waals surface area (Å²) < 4.78 is 0. The molecular weight excluding hydrogens is 432 g/mol. The Labute approximate surface area is 231 Å². The molecule has 0 nitrogen and oxygen atoms in total. The average Bonchev–Trinajstić information content (AvgIpc) is 2.89. The third kappa shape index (κ3) is 25.6. The largest absolute Gasteiger partial charge is 0.0654 e. The molecule has 36 heavy (non-hydrogen) atoms. The van der Waals surface area contributed by atoms with Gasteiger partial charge in [-0.15, -0.1) is 0 Å². The molecule has 1 aliphatic rings. The lowest BCUT2D eigenvalue weighted by atomic mass is 9.89. The first-order chi connectivity index (χ1) is 17.9. The molecule has 216 valence electrons. The molecule has 0 spiro atoms. The Kier molecular flexibility index (Phi) is 27.9. The number of unbranched alkanes of at least 4 members (excludes halogenated alkanes) is 15. The van der Waals surface area contributed by atoms with Crippen molar-refractivity contribution in [3.05, 3.63) is 0 Å². The lowest BCUT2D eigenvalue weighted by molar-refractivity contribution is 0.364. The van der Waals surface area contributed by atoms with Crippen LogP contribution >= 0.6 is 0 Å². The van der Waals surface area contributed by atoms with E-state index >= 15 is 0 Å². The van der Waals surface area contributed by atoms with E-state index in [1.807, 2.05) is 0 Å². The summed E-state index contributed by atoms with van der Waals surface area (Å²) in [5.74, 6) is 1.05. The van der Waals surface area contributed by atoms with Gasteiger partial charge in [-0.1, -0.05) is 225 Å². The van der Waals surface area contributed by atoms with E-state index in [9.17, 15) is 0 Å². The molecule has 0 aliphatic heterocycles. The number of hydrogen-bond acceptors (Lipinski definition) is 0. The van der Waals surface area contributed by atoms with Gasteiger partial charge in [0.15, 0.2) is 0 Å². The number of hydrogen-bond donors (Lipinski definition) is 0. The van der Waals surface area contributed by atoms with Crippen molar-refractivity contribution in [3.8, 4) is 0 Å². The summed E-state index contributed by atoms with van der Waals surface area (Å²) in [4.78, 5) is 0. The first-order valence-electron chi connectivity index (χ1n) is 17.9. The van der Waals surface area contributed by atoms with Crippen LogP contribution in [0.15, 0.2) is 0 Å². The highest BCUT2D eigenvalue weighted by Crippen LogP contribution is 2.25. The van der Waals surface area contributed by atoms with Gasteiger partial charge in [-0.2, -0.15) is 0 Å². The van der Waals surface area contributed by atoms with Gasteiger partial charge in [0.05, 0.1) is 0 Å². The maximum Gasteiger partial charge on any atom is -0.0414 e. The molecule has 0 aromatic heterocycles. The van der Waals surface area contributed by atoms with E-state index < -0.39 is 0 Å². The Balaban J connectivity index is 1.97. The third-order valence-electron chi connectivity index (χ3n) is 9.19. The molecule has 0 N–H and O–H groups in total. The van der Waals surface area contributed by atoms with Gasteiger partial charge in [0.25, 0.3) is 0 Å². The first kappa shape index (κ1) is 34.0. The predicted molar refractivity (Wildman–Crippen MR) is 166 cm³/mol. The summed E-state index contributed by atoms with van der Waals surface area (Å²) in [6.07, 6.45) is 51.0. The predicted octanol–water partition coefficient (Wildman–Crippen LogP) is 13.9. The van der Waals surface area contributed by atoms with Crippen molar-refractivity contribution in [2.24, 2.45) is 5.92 Å². The van der Waals surface area contributed by atoms with Gasteiger partial charge in [-0.05, 0) is 5.92 Å². The Hall–Kier alpha value is 0. The standard InChI is InChI=1S/C36H72/c1-2-3-4-5-6-7-8-9-10-12-15-18-21-24-27-30-33-36-34-31-28-25-22-19-16-13-11-14-17-20-23-26-29-32-35-36/h36H,2-35H2,1H3. The van der Waals surface area contributed by atoms with Crippen molar-refractivity contribution in [3.63, 3.8) is 0 Å². The van der Waals surface area contributed by atoms with Gasteiger partial charge in [0.2, 0.25) is 0 Å². The second-order valence-electron chi connectivity index (χ2n) is 12.8. The SMILES string of the molecule is CCCCCCCCCCCCCCCCCCC1CCCCCCCCCCCCCCCCC1. The summed E-state index contributed by atoms with van der Waals surface area (Å²) in [5.41, 5.74) is 0. The van der Waals surface area contributed by atoms with E-state index in [1.165, 1.54) is 199 Å². The van der Waals surface area contributed by atoms with Gasteiger partial charge in [0.1, 0.15) is 0 Å². The molecule has 0 saturated heterocycles. The second-order valence-corrected chi connectivity index (χ2v) is 12.8. The summed E-state index contributed by atoms with van der Waals surface area (Å²) in [6.45, 7) is 2.31. The van der Waals surface area contributed by atoms with Gasteiger partial charge in [-0.3, -0.25) is 0 Å². The molecule has 0 aromatic rings. The monoisotopic (exact) mass is 505 g/mol. The van der Waals surface area contributed by atoms with E-state index in [-0.39, 0.29) is 0 Å². The van der Waals surface area contributed by atoms with E-state index in [1.54, 1.807) is 19.3 Å². The van der Waals surface area contributed by atoms with Gasteiger partial charge >= 0.3 is 0 Å². The topological polar surface area (TPSA) is 0 Å². The quantitative estimate of drug-likeness (QED) is 0.173. The van der Waals surface area contributed by atoms with Crippen molar-refractivity contribution >= 4 is 0 Å². The molecule has 0 atom stereocenters. The maximum absolute atomic E-state index is 2.31. The fraction of sp³-hybridized carbons (Fsp3) is 1.00. The highest BCUT2D eigenvalue weighted by atomic mass is 14.1. The van der Waals surface area contributed by atoms with Gasteiger partial charge < -0.3 is 0 Å². The van der Waals surface area contributed by atoms with Crippen molar-refractivity contribution in [1.82, 2.24) is 0 Å².